The zero-order valence-electron chi connectivity index (χ0n) is 11.0. The first-order valence-electron chi connectivity index (χ1n) is 6.30. The fourth-order valence-corrected chi connectivity index (χ4v) is 2.36. The minimum atomic E-state index is 0.437. The average molecular weight is 297 g/mol. The number of hydrogen-bond acceptors (Lipinski definition) is 6. The smallest absolute Gasteiger partial charge is 0.214 e. The maximum Gasteiger partial charge on any atom is 0.214 e. The molecule has 0 radical (unpaired) electrons. The molecule has 2 heterocycles. The molecule has 0 aliphatic rings. The van der Waals surface area contributed by atoms with Crippen molar-refractivity contribution >= 4 is 11.3 Å². The number of hydrogen-bond donors (Lipinski definition) is 0. The topological polar surface area (TPSA) is 76.6 Å². The van der Waals surface area contributed by atoms with Gasteiger partial charge in [-0.15, -0.1) is 21.5 Å². The summed E-state index contributed by atoms with van der Waals surface area (Å²) < 4.78 is 5.57. The van der Waals surface area contributed by atoms with Crippen LogP contribution in [0.1, 0.15) is 5.56 Å². The van der Waals surface area contributed by atoms with Crippen LogP contribution in [0.25, 0.3) is 10.7 Å². The summed E-state index contributed by atoms with van der Waals surface area (Å²) >= 11 is 1.58. The van der Waals surface area contributed by atoms with E-state index in [1.807, 2.05) is 17.5 Å². The molecule has 0 amide bonds. The molecule has 0 bridgehead atoms. The highest BCUT2D eigenvalue weighted by Gasteiger charge is 2.06. The van der Waals surface area contributed by atoms with Gasteiger partial charge in [0.1, 0.15) is 12.4 Å². The summed E-state index contributed by atoms with van der Waals surface area (Å²) in [4.78, 5) is 2.51. The second-order valence-electron chi connectivity index (χ2n) is 4.17. The predicted octanol–water partition coefficient (Wildman–Crippen LogP) is 2.35. The first-order valence-corrected chi connectivity index (χ1v) is 7.18. The van der Waals surface area contributed by atoms with Crippen LogP contribution in [0.2, 0.25) is 0 Å². The highest BCUT2D eigenvalue weighted by Crippen LogP contribution is 2.19. The molecule has 6 nitrogen and oxygen atoms in total. The van der Waals surface area contributed by atoms with Gasteiger partial charge in [-0.25, -0.2) is 0 Å². The van der Waals surface area contributed by atoms with Crippen LogP contribution >= 0.6 is 11.3 Å². The number of rotatable bonds is 5. The van der Waals surface area contributed by atoms with Gasteiger partial charge in [0, 0.05) is 0 Å². The highest BCUT2D eigenvalue weighted by molar-refractivity contribution is 7.13. The molecule has 0 unspecified atom stereocenters. The number of benzene rings is 1. The van der Waals surface area contributed by atoms with Gasteiger partial charge in [-0.3, -0.25) is 0 Å². The zero-order valence-corrected chi connectivity index (χ0v) is 11.8. The maximum atomic E-state index is 8.72. The van der Waals surface area contributed by atoms with Crippen LogP contribution in [0.15, 0.2) is 41.8 Å². The van der Waals surface area contributed by atoms with Crippen molar-refractivity contribution in [1.29, 1.82) is 5.26 Å². The summed E-state index contributed by atoms with van der Waals surface area (Å²) in [7, 11) is 0. The van der Waals surface area contributed by atoms with Gasteiger partial charge in [-0.2, -0.15) is 10.1 Å². The Balaban J connectivity index is 1.54. The summed E-state index contributed by atoms with van der Waals surface area (Å²) in [6.07, 6.45) is 0. The second-order valence-corrected chi connectivity index (χ2v) is 5.12. The molecule has 0 spiro atoms. The van der Waals surface area contributed by atoms with E-state index in [-0.39, 0.29) is 0 Å². The van der Waals surface area contributed by atoms with Gasteiger partial charge in [-0.1, -0.05) is 6.07 Å². The fraction of sp³-hybridized carbons (Fsp3) is 0.143. The maximum absolute atomic E-state index is 8.72. The molecule has 3 rings (SSSR count). The van der Waals surface area contributed by atoms with E-state index in [1.165, 1.54) is 4.80 Å². The van der Waals surface area contributed by atoms with E-state index in [0.29, 0.717) is 30.3 Å². The summed E-state index contributed by atoms with van der Waals surface area (Å²) in [5.41, 5.74) is 0.612. The van der Waals surface area contributed by atoms with Gasteiger partial charge >= 0.3 is 0 Å². The number of thiophene rings is 1. The van der Waals surface area contributed by atoms with E-state index in [2.05, 4.69) is 21.5 Å². The number of nitriles is 1. The van der Waals surface area contributed by atoms with Crippen molar-refractivity contribution in [3.63, 3.8) is 0 Å². The third-order valence-electron chi connectivity index (χ3n) is 2.74. The SMILES string of the molecule is N#Cc1ccc(OCCn2nnc(-c3cccs3)n2)cc1. The van der Waals surface area contributed by atoms with Crippen LogP contribution < -0.4 is 4.74 Å². The quantitative estimate of drug-likeness (QED) is 0.722. The molecule has 0 saturated heterocycles. The first kappa shape index (κ1) is 13.3. The Labute approximate surface area is 125 Å². The fourth-order valence-electron chi connectivity index (χ4n) is 1.71. The average Bonchev–Trinajstić information content (AvgIpc) is 3.19. The van der Waals surface area contributed by atoms with Crippen LogP contribution in [0, 0.1) is 11.3 Å². The van der Waals surface area contributed by atoms with E-state index in [1.54, 1.807) is 35.6 Å². The van der Waals surface area contributed by atoms with E-state index >= 15 is 0 Å². The molecule has 21 heavy (non-hydrogen) atoms. The van der Waals surface area contributed by atoms with Gasteiger partial charge in [0.05, 0.1) is 23.1 Å². The number of tetrazole rings is 1. The molecule has 0 aliphatic heterocycles. The Kier molecular flexibility index (Phi) is 3.89. The largest absolute Gasteiger partial charge is 0.492 e. The van der Waals surface area contributed by atoms with E-state index in [9.17, 15) is 0 Å². The lowest BCUT2D eigenvalue weighted by Crippen LogP contribution is -2.11. The molecule has 1 aromatic carbocycles. The van der Waals surface area contributed by atoms with Crippen LogP contribution in [-0.2, 0) is 6.54 Å². The minimum Gasteiger partial charge on any atom is -0.492 e. The standard InChI is InChI=1S/C14H11N5OS/c15-10-11-3-5-12(6-4-11)20-8-7-19-17-14(16-18-19)13-2-1-9-21-13/h1-6,9H,7-8H2. The van der Waals surface area contributed by atoms with Crippen molar-refractivity contribution in [2.24, 2.45) is 0 Å². The van der Waals surface area contributed by atoms with E-state index in [4.69, 9.17) is 10.00 Å². The normalized spacial score (nSPS) is 10.2. The van der Waals surface area contributed by atoms with Crippen LogP contribution in [0.5, 0.6) is 5.75 Å². The minimum absolute atomic E-state index is 0.437. The lowest BCUT2D eigenvalue weighted by molar-refractivity contribution is 0.280. The van der Waals surface area contributed by atoms with E-state index < -0.39 is 0 Å². The van der Waals surface area contributed by atoms with Crippen LogP contribution in [0.3, 0.4) is 0 Å². The van der Waals surface area contributed by atoms with Crippen LogP contribution in [0.4, 0.5) is 0 Å². The Morgan fingerprint density at radius 2 is 2.10 bits per heavy atom. The summed E-state index contributed by atoms with van der Waals surface area (Å²) in [6, 6.07) is 13.0. The Bertz CT molecular complexity index is 743. The molecule has 0 atom stereocenters. The number of ether oxygens (including phenoxy) is 1. The molecule has 0 aliphatic carbocycles. The molecule has 0 N–H and O–H groups in total. The van der Waals surface area contributed by atoms with Gasteiger partial charge in [0.15, 0.2) is 0 Å². The van der Waals surface area contributed by atoms with Crippen molar-refractivity contribution in [2.45, 2.75) is 6.54 Å². The van der Waals surface area contributed by atoms with E-state index in [0.717, 1.165) is 4.88 Å². The molecule has 3 aromatic rings. The van der Waals surface area contributed by atoms with Crippen molar-refractivity contribution in [3.05, 3.63) is 47.3 Å². The predicted molar refractivity (Wildman–Crippen MR) is 77.8 cm³/mol. The lowest BCUT2D eigenvalue weighted by atomic mass is 10.2. The number of aromatic nitrogens is 4. The van der Waals surface area contributed by atoms with Crippen molar-refractivity contribution in [3.8, 4) is 22.5 Å². The summed E-state index contributed by atoms with van der Waals surface area (Å²) in [6.45, 7) is 0.949. The molecule has 104 valence electrons. The Morgan fingerprint density at radius 3 is 2.81 bits per heavy atom. The summed E-state index contributed by atoms with van der Waals surface area (Å²) in [5, 5.41) is 23.0. The monoisotopic (exact) mass is 297 g/mol. The lowest BCUT2D eigenvalue weighted by Gasteiger charge is -2.04. The van der Waals surface area contributed by atoms with Gasteiger partial charge in [-0.05, 0) is 40.9 Å². The molecule has 7 heteroatoms. The molecule has 0 fully saturated rings. The zero-order chi connectivity index (χ0) is 14.5. The van der Waals surface area contributed by atoms with Crippen molar-refractivity contribution in [2.75, 3.05) is 6.61 Å². The highest BCUT2D eigenvalue weighted by atomic mass is 32.1. The molecule has 2 aromatic heterocycles. The van der Waals surface area contributed by atoms with Crippen molar-refractivity contribution < 1.29 is 4.74 Å². The first-order chi connectivity index (χ1) is 10.3. The third-order valence-corrected chi connectivity index (χ3v) is 3.60. The molecule has 0 saturated carbocycles. The Hall–Kier alpha value is -2.72. The van der Waals surface area contributed by atoms with Gasteiger partial charge in [0.25, 0.3) is 0 Å². The van der Waals surface area contributed by atoms with Crippen molar-refractivity contribution in [1.82, 2.24) is 20.2 Å². The number of nitrogens with zero attached hydrogens (tertiary/aromatic N) is 5. The second kappa shape index (κ2) is 6.15. The summed E-state index contributed by atoms with van der Waals surface area (Å²) in [5.74, 6) is 1.34. The third kappa shape index (κ3) is 3.24. The van der Waals surface area contributed by atoms with Gasteiger partial charge in [0.2, 0.25) is 5.82 Å². The van der Waals surface area contributed by atoms with Gasteiger partial charge < -0.3 is 4.74 Å². The molecular formula is C14H11N5OS. The van der Waals surface area contributed by atoms with Crippen LogP contribution in [-0.4, -0.2) is 26.8 Å². The Morgan fingerprint density at radius 1 is 1.24 bits per heavy atom. The molecular weight excluding hydrogens is 286 g/mol.